The summed E-state index contributed by atoms with van der Waals surface area (Å²) in [6.07, 6.45) is 2.70. The largest absolute Gasteiger partial charge is 0.324 e. The van der Waals surface area contributed by atoms with E-state index in [4.69, 9.17) is 11.6 Å². The summed E-state index contributed by atoms with van der Waals surface area (Å²) in [5.41, 5.74) is 0.442. The zero-order chi connectivity index (χ0) is 18.8. The van der Waals surface area contributed by atoms with Crippen molar-refractivity contribution in [1.82, 2.24) is 9.55 Å². The molecule has 1 unspecified atom stereocenters. The van der Waals surface area contributed by atoms with Crippen LogP contribution in [0.15, 0.2) is 40.3 Å². The van der Waals surface area contributed by atoms with Crippen LogP contribution in [-0.2, 0) is 11.2 Å². The first-order chi connectivity index (χ1) is 12.4. The predicted octanol–water partition coefficient (Wildman–Crippen LogP) is 4.60. The standard InChI is InChI=1S/C18H18ClN3O2S2/c1-4-13-9-14-16(26-13)21-18(25-3)22(17(14)24)10(2)15(23)20-12-7-5-11(19)6-8-12/h5-10H,4H2,1-3H3,(H,20,23). The van der Waals surface area contributed by atoms with Gasteiger partial charge in [-0.3, -0.25) is 14.2 Å². The molecule has 5 nitrogen and oxygen atoms in total. The van der Waals surface area contributed by atoms with Crippen molar-refractivity contribution in [1.29, 1.82) is 0 Å². The predicted molar refractivity (Wildman–Crippen MR) is 110 cm³/mol. The number of nitrogens with one attached hydrogen (secondary N) is 1. The van der Waals surface area contributed by atoms with E-state index in [9.17, 15) is 9.59 Å². The van der Waals surface area contributed by atoms with Crippen molar-refractivity contribution in [2.24, 2.45) is 0 Å². The molecular weight excluding hydrogens is 390 g/mol. The first kappa shape index (κ1) is 18.9. The number of rotatable bonds is 5. The summed E-state index contributed by atoms with van der Waals surface area (Å²) < 4.78 is 1.46. The number of thiophene rings is 1. The fourth-order valence-electron chi connectivity index (χ4n) is 2.58. The molecule has 136 valence electrons. The molecule has 8 heteroatoms. The van der Waals surface area contributed by atoms with Gasteiger partial charge in [-0.2, -0.15) is 0 Å². The number of aryl methyl sites for hydroxylation is 1. The van der Waals surface area contributed by atoms with Gasteiger partial charge in [-0.25, -0.2) is 4.98 Å². The zero-order valence-electron chi connectivity index (χ0n) is 14.6. The summed E-state index contributed by atoms with van der Waals surface area (Å²) in [4.78, 5) is 32.1. The highest BCUT2D eigenvalue weighted by Gasteiger charge is 2.22. The summed E-state index contributed by atoms with van der Waals surface area (Å²) in [6, 6.07) is 8.03. The van der Waals surface area contributed by atoms with E-state index in [0.717, 1.165) is 16.1 Å². The van der Waals surface area contributed by atoms with Gasteiger partial charge in [0.25, 0.3) is 5.56 Å². The number of amides is 1. The Bertz CT molecular complexity index is 1010. The lowest BCUT2D eigenvalue weighted by Gasteiger charge is -2.18. The number of hydrogen-bond donors (Lipinski definition) is 1. The molecule has 1 atom stereocenters. The molecule has 0 saturated heterocycles. The molecular formula is C18H18ClN3O2S2. The Hall–Kier alpha value is -1.83. The van der Waals surface area contributed by atoms with Crippen molar-refractivity contribution in [2.75, 3.05) is 11.6 Å². The second kappa shape index (κ2) is 7.82. The second-order valence-electron chi connectivity index (χ2n) is 5.73. The van der Waals surface area contributed by atoms with E-state index in [1.165, 1.54) is 27.7 Å². The molecule has 0 aliphatic carbocycles. The highest BCUT2D eigenvalue weighted by molar-refractivity contribution is 7.98. The first-order valence-electron chi connectivity index (χ1n) is 8.10. The van der Waals surface area contributed by atoms with Gasteiger partial charge in [0.1, 0.15) is 10.9 Å². The van der Waals surface area contributed by atoms with Crippen molar-refractivity contribution < 1.29 is 4.79 Å². The van der Waals surface area contributed by atoms with Gasteiger partial charge in [-0.1, -0.05) is 30.3 Å². The molecule has 1 N–H and O–H groups in total. The van der Waals surface area contributed by atoms with E-state index in [1.54, 1.807) is 31.2 Å². The molecule has 3 rings (SSSR count). The Morgan fingerprint density at radius 3 is 2.69 bits per heavy atom. The highest BCUT2D eigenvalue weighted by atomic mass is 35.5. The second-order valence-corrected chi connectivity index (χ2v) is 8.06. The molecule has 0 fully saturated rings. The number of thioether (sulfide) groups is 1. The fourth-order valence-corrected chi connectivity index (χ4v) is 4.34. The SMILES string of the molecule is CCc1cc2c(=O)n(C(C)C(=O)Nc3ccc(Cl)cc3)c(SC)nc2s1. The van der Waals surface area contributed by atoms with Gasteiger partial charge in [-0.05, 0) is 49.9 Å². The number of aromatic nitrogens is 2. The van der Waals surface area contributed by atoms with E-state index in [0.29, 0.717) is 21.3 Å². The average molecular weight is 408 g/mol. The lowest BCUT2D eigenvalue weighted by atomic mass is 10.2. The maximum absolute atomic E-state index is 13.0. The summed E-state index contributed by atoms with van der Waals surface area (Å²) in [5, 5.41) is 4.51. The minimum absolute atomic E-state index is 0.186. The lowest BCUT2D eigenvalue weighted by molar-refractivity contribution is -0.119. The van der Waals surface area contributed by atoms with Gasteiger partial charge < -0.3 is 5.32 Å². The number of nitrogens with zero attached hydrogens (tertiary/aromatic N) is 2. The van der Waals surface area contributed by atoms with Gasteiger partial charge in [-0.15, -0.1) is 11.3 Å². The third kappa shape index (κ3) is 3.65. The molecule has 0 spiro atoms. The fraction of sp³-hybridized carbons (Fsp3) is 0.278. The summed E-state index contributed by atoms with van der Waals surface area (Å²) in [7, 11) is 0. The van der Waals surface area contributed by atoms with Crippen LogP contribution in [0.3, 0.4) is 0 Å². The van der Waals surface area contributed by atoms with Crippen LogP contribution in [0, 0.1) is 0 Å². The minimum atomic E-state index is -0.692. The number of halogens is 1. The van der Waals surface area contributed by atoms with Crippen LogP contribution in [0.4, 0.5) is 5.69 Å². The molecule has 26 heavy (non-hydrogen) atoms. The van der Waals surface area contributed by atoms with Crippen LogP contribution >= 0.6 is 34.7 Å². The number of benzene rings is 1. The Kier molecular flexibility index (Phi) is 5.70. The minimum Gasteiger partial charge on any atom is -0.324 e. The van der Waals surface area contributed by atoms with Crippen LogP contribution in [0.1, 0.15) is 24.8 Å². The van der Waals surface area contributed by atoms with Crippen LogP contribution in [0.2, 0.25) is 5.02 Å². The van der Waals surface area contributed by atoms with Crippen molar-refractivity contribution in [3.05, 3.63) is 50.6 Å². The normalized spacial score (nSPS) is 12.3. The van der Waals surface area contributed by atoms with Crippen molar-refractivity contribution in [3.63, 3.8) is 0 Å². The Morgan fingerprint density at radius 1 is 1.38 bits per heavy atom. The average Bonchev–Trinajstić information content (AvgIpc) is 3.06. The van der Waals surface area contributed by atoms with Crippen LogP contribution in [-0.4, -0.2) is 21.7 Å². The quantitative estimate of drug-likeness (QED) is 0.496. The first-order valence-corrected chi connectivity index (χ1v) is 10.5. The maximum atomic E-state index is 13.0. The van der Waals surface area contributed by atoms with Crippen LogP contribution < -0.4 is 10.9 Å². The third-order valence-electron chi connectivity index (χ3n) is 4.03. The molecule has 2 heterocycles. The Labute approximate surface area is 164 Å². The number of carbonyl (C=O) groups is 1. The molecule has 0 bridgehead atoms. The monoisotopic (exact) mass is 407 g/mol. The molecule has 0 aliphatic rings. The van der Waals surface area contributed by atoms with Gasteiger partial charge in [0, 0.05) is 15.6 Å². The van der Waals surface area contributed by atoms with Crippen LogP contribution in [0.5, 0.6) is 0 Å². The smallest absolute Gasteiger partial charge is 0.263 e. The molecule has 1 aromatic carbocycles. The van der Waals surface area contributed by atoms with Crippen molar-refractivity contribution >= 4 is 56.5 Å². The Balaban J connectivity index is 1.99. The number of fused-ring (bicyclic) bond motifs is 1. The molecule has 0 saturated carbocycles. The van der Waals surface area contributed by atoms with E-state index < -0.39 is 6.04 Å². The maximum Gasteiger partial charge on any atom is 0.263 e. The van der Waals surface area contributed by atoms with E-state index in [2.05, 4.69) is 10.3 Å². The summed E-state index contributed by atoms with van der Waals surface area (Å²) >= 11 is 8.75. The zero-order valence-corrected chi connectivity index (χ0v) is 17.0. The van der Waals surface area contributed by atoms with Gasteiger partial charge in [0.05, 0.1) is 5.39 Å². The van der Waals surface area contributed by atoms with Gasteiger partial charge >= 0.3 is 0 Å². The number of hydrogen-bond acceptors (Lipinski definition) is 5. The summed E-state index contributed by atoms with van der Waals surface area (Å²) in [5.74, 6) is -0.281. The Morgan fingerprint density at radius 2 is 2.08 bits per heavy atom. The topological polar surface area (TPSA) is 64.0 Å². The van der Waals surface area contributed by atoms with Crippen molar-refractivity contribution in [2.45, 2.75) is 31.5 Å². The molecule has 0 aliphatic heterocycles. The van der Waals surface area contributed by atoms with Crippen LogP contribution in [0.25, 0.3) is 10.2 Å². The lowest BCUT2D eigenvalue weighted by Crippen LogP contribution is -2.33. The van der Waals surface area contributed by atoms with Crippen molar-refractivity contribution in [3.8, 4) is 0 Å². The van der Waals surface area contributed by atoms with E-state index >= 15 is 0 Å². The summed E-state index contributed by atoms with van der Waals surface area (Å²) in [6.45, 7) is 3.74. The number of carbonyl (C=O) groups excluding carboxylic acids is 1. The van der Waals surface area contributed by atoms with Gasteiger partial charge in [0.15, 0.2) is 5.16 Å². The third-order valence-corrected chi connectivity index (χ3v) is 6.10. The van der Waals surface area contributed by atoms with Gasteiger partial charge in [0.2, 0.25) is 5.91 Å². The molecule has 2 aromatic heterocycles. The van der Waals surface area contributed by atoms with E-state index in [-0.39, 0.29) is 11.5 Å². The number of anilines is 1. The molecule has 3 aromatic rings. The van der Waals surface area contributed by atoms with E-state index in [1.807, 2.05) is 19.2 Å². The highest BCUT2D eigenvalue weighted by Crippen LogP contribution is 2.26. The molecule has 1 amide bonds. The molecule has 0 radical (unpaired) electrons.